The molecule has 3 atom stereocenters. The van der Waals surface area contributed by atoms with Gasteiger partial charge in [-0.3, -0.25) is 0 Å². The fraction of sp³-hybridized carbons (Fsp3) is 0.333. The maximum atomic E-state index is 9.77. The summed E-state index contributed by atoms with van der Waals surface area (Å²) in [6, 6.07) is 10.2. The van der Waals surface area contributed by atoms with Crippen LogP contribution in [0.15, 0.2) is 30.3 Å². The second-order valence-corrected chi connectivity index (χ2v) is 3.77. The van der Waals surface area contributed by atoms with E-state index >= 15 is 0 Å². The molecule has 0 saturated carbocycles. The third-order valence-corrected chi connectivity index (χ3v) is 2.13. The van der Waals surface area contributed by atoms with Crippen LogP contribution in [-0.4, -0.2) is 44.6 Å². The van der Waals surface area contributed by atoms with Gasteiger partial charge in [-0.2, -0.15) is 0 Å². The van der Waals surface area contributed by atoms with E-state index in [1.54, 1.807) is 0 Å². The Morgan fingerprint density at radius 2 is 1.37 bits per heavy atom. The van der Waals surface area contributed by atoms with Crippen molar-refractivity contribution in [1.29, 1.82) is 0 Å². The second kappa shape index (κ2) is 8.20. The summed E-state index contributed by atoms with van der Waals surface area (Å²) in [5, 5.41) is 32.5. The molecule has 0 aliphatic carbocycles. The lowest BCUT2D eigenvalue weighted by Gasteiger charge is -2.07. The normalized spacial score (nSPS) is 14.5. The molecule has 2 unspecified atom stereocenters. The minimum atomic E-state index is -2.27. The van der Waals surface area contributed by atoms with E-state index < -0.39 is 24.1 Å². The van der Waals surface area contributed by atoms with Crippen molar-refractivity contribution in [3.05, 3.63) is 35.9 Å². The van der Waals surface area contributed by atoms with Gasteiger partial charge < -0.3 is 26.2 Å². The number of aliphatic hydroxyl groups excluding tert-OH is 2. The van der Waals surface area contributed by atoms with Crippen molar-refractivity contribution < 1.29 is 30.0 Å². The molecule has 0 bridgehead atoms. The third-order valence-electron chi connectivity index (χ3n) is 2.13. The number of nitrogens with two attached hydrogens (primary N) is 1. The lowest BCUT2D eigenvalue weighted by Crippen LogP contribution is -2.39. The molecule has 0 saturated heterocycles. The standard InChI is InChI=1S/C8H11N.C4H6O6/c1-7(9)8-5-3-2-4-6-8;5-1(3(7)8)2(6)4(9)10/h2-7H,9H2,1H3;1-2,5-6H,(H,7,8)(H,9,10)/t7-;/m0./s1. The van der Waals surface area contributed by atoms with Crippen LogP contribution in [0.3, 0.4) is 0 Å². The van der Waals surface area contributed by atoms with Gasteiger partial charge in [-0.15, -0.1) is 0 Å². The lowest BCUT2D eigenvalue weighted by molar-refractivity contribution is -0.165. The average Bonchev–Trinajstić information content (AvgIpc) is 2.38. The first-order valence-corrected chi connectivity index (χ1v) is 5.39. The summed E-state index contributed by atoms with van der Waals surface area (Å²) in [6.07, 6.45) is -4.53. The van der Waals surface area contributed by atoms with Gasteiger partial charge in [-0.1, -0.05) is 30.3 Å². The SMILES string of the molecule is C[C@H](N)c1ccccc1.O=C(O)C(O)C(O)C(=O)O. The fourth-order valence-corrected chi connectivity index (χ4v) is 1.03. The second-order valence-electron chi connectivity index (χ2n) is 3.77. The molecule has 1 aromatic rings. The molecule has 0 spiro atoms. The van der Waals surface area contributed by atoms with Crippen molar-refractivity contribution in [3.63, 3.8) is 0 Å². The zero-order valence-electron chi connectivity index (χ0n) is 10.3. The molecular weight excluding hydrogens is 254 g/mol. The van der Waals surface area contributed by atoms with Crippen molar-refractivity contribution >= 4 is 11.9 Å². The quantitative estimate of drug-likeness (QED) is 0.501. The van der Waals surface area contributed by atoms with Crippen LogP contribution in [0.1, 0.15) is 18.5 Å². The number of carboxylic acids is 2. The van der Waals surface area contributed by atoms with Gasteiger partial charge in [-0.25, -0.2) is 9.59 Å². The van der Waals surface area contributed by atoms with Crippen LogP contribution >= 0.6 is 0 Å². The molecular formula is C12H17NO6. The van der Waals surface area contributed by atoms with Crippen molar-refractivity contribution in [3.8, 4) is 0 Å². The number of carbonyl (C=O) groups is 2. The highest BCUT2D eigenvalue weighted by molar-refractivity contribution is 5.83. The maximum absolute atomic E-state index is 9.77. The first kappa shape index (κ1) is 17.0. The highest BCUT2D eigenvalue weighted by atomic mass is 16.4. The largest absolute Gasteiger partial charge is 0.479 e. The smallest absolute Gasteiger partial charge is 0.335 e. The van der Waals surface area contributed by atoms with E-state index in [1.165, 1.54) is 5.56 Å². The van der Waals surface area contributed by atoms with E-state index in [9.17, 15) is 9.59 Å². The van der Waals surface area contributed by atoms with Crippen LogP contribution in [0.5, 0.6) is 0 Å². The summed E-state index contributed by atoms with van der Waals surface area (Å²) in [5.74, 6) is -3.54. The Kier molecular flexibility index (Phi) is 7.35. The summed E-state index contributed by atoms with van der Waals surface area (Å²) in [6.45, 7) is 1.98. The predicted octanol–water partition coefficient (Wildman–Crippen LogP) is -0.416. The first-order chi connectivity index (χ1) is 8.77. The van der Waals surface area contributed by atoms with E-state index in [1.807, 2.05) is 37.3 Å². The van der Waals surface area contributed by atoms with Gasteiger partial charge in [0, 0.05) is 6.04 Å². The van der Waals surface area contributed by atoms with Crippen molar-refractivity contribution in [1.82, 2.24) is 0 Å². The molecule has 0 radical (unpaired) electrons. The Balaban J connectivity index is 0.000000342. The molecule has 1 aromatic carbocycles. The van der Waals surface area contributed by atoms with Crippen LogP contribution in [0.2, 0.25) is 0 Å². The summed E-state index contributed by atoms with van der Waals surface area (Å²) < 4.78 is 0. The van der Waals surface area contributed by atoms with Crippen LogP contribution in [0.4, 0.5) is 0 Å². The number of rotatable bonds is 4. The Labute approximate surface area is 109 Å². The molecule has 0 aliphatic heterocycles. The molecule has 1 rings (SSSR count). The zero-order chi connectivity index (χ0) is 15.0. The first-order valence-electron chi connectivity index (χ1n) is 5.39. The highest BCUT2D eigenvalue weighted by Gasteiger charge is 2.29. The van der Waals surface area contributed by atoms with Gasteiger partial charge in [0.25, 0.3) is 0 Å². The number of carboxylic acid groups (broad SMARTS) is 2. The highest BCUT2D eigenvalue weighted by Crippen LogP contribution is 2.06. The van der Waals surface area contributed by atoms with Gasteiger partial charge in [0.15, 0.2) is 12.2 Å². The van der Waals surface area contributed by atoms with E-state index in [4.69, 9.17) is 26.2 Å². The van der Waals surface area contributed by atoms with Gasteiger partial charge in [-0.05, 0) is 12.5 Å². The molecule has 0 amide bonds. The molecule has 7 heteroatoms. The Morgan fingerprint density at radius 1 is 1.00 bits per heavy atom. The van der Waals surface area contributed by atoms with Crippen molar-refractivity contribution in [2.75, 3.05) is 0 Å². The number of aliphatic hydroxyl groups is 2. The summed E-state index contributed by atoms with van der Waals surface area (Å²) in [7, 11) is 0. The number of hydrogen-bond donors (Lipinski definition) is 5. The Hall–Kier alpha value is -1.96. The zero-order valence-corrected chi connectivity index (χ0v) is 10.3. The molecule has 19 heavy (non-hydrogen) atoms. The van der Waals surface area contributed by atoms with Gasteiger partial charge in [0.05, 0.1) is 0 Å². The summed E-state index contributed by atoms with van der Waals surface area (Å²) in [5.41, 5.74) is 6.81. The topological polar surface area (TPSA) is 141 Å². The summed E-state index contributed by atoms with van der Waals surface area (Å²) >= 11 is 0. The van der Waals surface area contributed by atoms with Crippen LogP contribution in [0.25, 0.3) is 0 Å². The average molecular weight is 271 g/mol. The van der Waals surface area contributed by atoms with E-state index in [-0.39, 0.29) is 6.04 Å². The van der Waals surface area contributed by atoms with Crippen LogP contribution < -0.4 is 5.73 Å². The Morgan fingerprint density at radius 3 is 1.58 bits per heavy atom. The number of hydrogen-bond acceptors (Lipinski definition) is 5. The Bertz CT molecular complexity index is 388. The van der Waals surface area contributed by atoms with E-state index in [0.717, 1.165) is 0 Å². The van der Waals surface area contributed by atoms with Crippen molar-refractivity contribution in [2.24, 2.45) is 5.73 Å². The minimum absolute atomic E-state index is 0.159. The monoisotopic (exact) mass is 271 g/mol. The molecule has 0 fully saturated rings. The maximum Gasteiger partial charge on any atom is 0.335 e. The third kappa shape index (κ3) is 6.51. The molecule has 106 valence electrons. The van der Waals surface area contributed by atoms with Crippen LogP contribution in [0, 0.1) is 0 Å². The molecule has 6 N–H and O–H groups in total. The van der Waals surface area contributed by atoms with E-state index in [0.29, 0.717) is 0 Å². The van der Waals surface area contributed by atoms with Gasteiger partial charge in [0.2, 0.25) is 0 Å². The summed E-state index contributed by atoms with van der Waals surface area (Å²) in [4.78, 5) is 19.5. The van der Waals surface area contributed by atoms with Gasteiger partial charge >= 0.3 is 11.9 Å². The number of benzene rings is 1. The predicted molar refractivity (Wildman–Crippen MR) is 66.3 cm³/mol. The lowest BCUT2D eigenvalue weighted by atomic mass is 10.1. The van der Waals surface area contributed by atoms with E-state index in [2.05, 4.69) is 0 Å². The molecule has 0 aromatic heterocycles. The number of aliphatic carboxylic acids is 2. The van der Waals surface area contributed by atoms with Gasteiger partial charge in [0.1, 0.15) is 0 Å². The molecule has 7 nitrogen and oxygen atoms in total. The van der Waals surface area contributed by atoms with Crippen LogP contribution in [-0.2, 0) is 9.59 Å². The molecule has 0 aliphatic rings. The minimum Gasteiger partial charge on any atom is -0.479 e. The van der Waals surface area contributed by atoms with Crippen molar-refractivity contribution in [2.45, 2.75) is 25.2 Å². The molecule has 0 heterocycles. The fourth-order valence-electron chi connectivity index (χ4n) is 1.03.